The Kier molecular flexibility index (Phi) is 9.03. The highest BCUT2D eigenvalue weighted by Gasteiger charge is 2.37. The van der Waals surface area contributed by atoms with E-state index in [1.807, 2.05) is 51.4 Å². The second-order valence-corrected chi connectivity index (χ2v) is 10.4. The molecular weight excluding hydrogens is 420 g/mol. The molecule has 2 N–H and O–H groups in total. The number of carbonyl (C=O) groups is 1. The van der Waals surface area contributed by atoms with Crippen LogP contribution < -0.4 is 5.32 Å². The lowest BCUT2D eigenvalue weighted by atomic mass is 9.63. The van der Waals surface area contributed by atoms with Crippen LogP contribution in [0.4, 0.5) is 5.69 Å². The van der Waals surface area contributed by atoms with Crippen LogP contribution >= 0.6 is 0 Å². The van der Waals surface area contributed by atoms with E-state index in [9.17, 15) is 4.79 Å². The van der Waals surface area contributed by atoms with Crippen molar-refractivity contribution in [2.75, 3.05) is 5.32 Å². The minimum Gasteiger partial charge on any atom is -0.478 e. The minimum absolute atomic E-state index is 0.252. The molecule has 182 valence electrons. The smallest absolute Gasteiger partial charge is 0.331 e. The van der Waals surface area contributed by atoms with Crippen LogP contribution in [-0.4, -0.2) is 17.3 Å². The van der Waals surface area contributed by atoms with Crippen molar-refractivity contribution in [3.8, 4) is 0 Å². The number of aliphatic imine (C=N–C) groups is 1. The molecule has 0 spiro atoms. The van der Waals surface area contributed by atoms with Crippen molar-refractivity contribution in [1.29, 1.82) is 0 Å². The van der Waals surface area contributed by atoms with Crippen LogP contribution in [0.2, 0.25) is 0 Å². The SMILES string of the molecule is C=CC.CC1=CC=C(C(=O)O)CC=C1.CC1=CNc2cc3c(cc2C=N1)C(C)(C)CCC3(C)C. The molecule has 1 aromatic carbocycles. The molecule has 4 rings (SSSR count). The molecule has 2 aliphatic carbocycles. The summed E-state index contributed by atoms with van der Waals surface area (Å²) in [4.78, 5) is 15.0. The van der Waals surface area contributed by atoms with Crippen LogP contribution in [0.1, 0.15) is 84.4 Å². The monoisotopic (exact) mass is 460 g/mol. The maximum Gasteiger partial charge on any atom is 0.331 e. The molecular formula is C30H40N2O2. The average Bonchev–Trinajstić information content (AvgIpc) is 3.10. The molecule has 4 heteroatoms. The first kappa shape index (κ1) is 27.1. The van der Waals surface area contributed by atoms with Crippen LogP contribution in [0.3, 0.4) is 0 Å². The Morgan fingerprint density at radius 1 is 1.09 bits per heavy atom. The zero-order chi connectivity index (χ0) is 25.5. The van der Waals surface area contributed by atoms with Crippen molar-refractivity contribution < 1.29 is 9.90 Å². The summed E-state index contributed by atoms with van der Waals surface area (Å²) in [5.41, 5.74) is 8.39. The number of benzene rings is 1. The van der Waals surface area contributed by atoms with Crippen molar-refractivity contribution in [2.45, 2.75) is 78.6 Å². The van der Waals surface area contributed by atoms with E-state index in [0.717, 1.165) is 11.3 Å². The third-order valence-corrected chi connectivity index (χ3v) is 6.41. The number of fused-ring (bicyclic) bond motifs is 2. The second-order valence-electron chi connectivity index (χ2n) is 10.4. The Hall–Kier alpha value is -3.14. The first-order chi connectivity index (χ1) is 15.9. The molecule has 0 aromatic heterocycles. The van der Waals surface area contributed by atoms with Crippen LogP contribution in [0, 0.1) is 0 Å². The molecule has 0 bridgehead atoms. The zero-order valence-corrected chi connectivity index (χ0v) is 21.8. The first-order valence-corrected chi connectivity index (χ1v) is 11.9. The maximum absolute atomic E-state index is 10.5. The number of nitrogens with zero attached hydrogens (tertiary/aromatic N) is 1. The molecule has 0 saturated heterocycles. The van der Waals surface area contributed by atoms with Crippen molar-refractivity contribution in [1.82, 2.24) is 0 Å². The predicted molar refractivity (Wildman–Crippen MR) is 146 cm³/mol. The van der Waals surface area contributed by atoms with Gasteiger partial charge in [-0.25, -0.2) is 4.79 Å². The summed E-state index contributed by atoms with van der Waals surface area (Å²) in [7, 11) is 0. The molecule has 0 radical (unpaired) electrons. The predicted octanol–water partition coefficient (Wildman–Crippen LogP) is 7.84. The molecule has 1 aliphatic heterocycles. The van der Waals surface area contributed by atoms with Gasteiger partial charge in [0, 0.05) is 29.2 Å². The Morgan fingerprint density at radius 2 is 1.68 bits per heavy atom. The van der Waals surface area contributed by atoms with Crippen LogP contribution in [-0.2, 0) is 15.6 Å². The number of hydrogen-bond acceptors (Lipinski definition) is 3. The van der Waals surface area contributed by atoms with Crippen molar-refractivity contribution in [2.24, 2.45) is 4.99 Å². The molecule has 4 nitrogen and oxygen atoms in total. The summed E-state index contributed by atoms with van der Waals surface area (Å²) in [6.07, 6.45) is 16.0. The molecule has 3 aliphatic rings. The van der Waals surface area contributed by atoms with E-state index in [-0.39, 0.29) is 10.8 Å². The number of anilines is 1. The Bertz CT molecular complexity index is 1080. The molecule has 1 aromatic rings. The molecule has 0 unspecified atom stereocenters. The molecule has 0 fully saturated rings. The van der Waals surface area contributed by atoms with E-state index >= 15 is 0 Å². The Balaban J connectivity index is 0.000000247. The quantitative estimate of drug-likeness (QED) is 0.420. The molecule has 1 heterocycles. The van der Waals surface area contributed by atoms with Crippen LogP contribution in [0.5, 0.6) is 0 Å². The number of hydrogen-bond donors (Lipinski definition) is 2. The second kappa shape index (κ2) is 11.3. The van der Waals surface area contributed by atoms with Crippen LogP contribution in [0.25, 0.3) is 0 Å². The Morgan fingerprint density at radius 3 is 2.26 bits per heavy atom. The van der Waals surface area contributed by atoms with Gasteiger partial charge in [0.15, 0.2) is 0 Å². The normalized spacial score (nSPS) is 18.9. The van der Waals surface area contributed by atoms with Gasteiger partial charge in [0.1, 0.15) is 0 Å². The summed E-state index contributed by atoms with van der Waals surface area (Å²) < 4.78 is 0. The van der Waals surface area contributed by atoms with Gasteiger partial charge in [0.05, 0.1) is 5.70 Å². The van der Waals surface area contributed by atoms with E-state index in [1.54, 1.807) is 12.2 Å². The first-order valence-electron chi connectivity index (χ1n) is 11.9. The van der Waals surface area contributed by atoms with Gasteiger partial charge in [-0.1, -0.05) is 63.6 Å². The van der Waals surface area contributed by atoms with Gasteiger partial charge in [-0.15, -0.1) is 6.58 Å². The highest BCUT2D eigenvalue weighted by molar-refractivity contribution is 5.90. The number of carboxylic acid groups (broad SMARTS) is 1. The Labute approximate surface area is 205 Å². The summed E-state index contributed by atoms with van der Waals surface area (Å²) in [6.45, 7) is 18.6. The van der Waals surface area contributed by atoms with Crippen LogP contribution in [0.15, 0.2) is 77.1 Å². The van der Waals surface area contributed by atoms with E-state index in [2.05, 4.69) is 56.7 Å². The fourth-order valence-electron chi connectivity index (χ4n) is 4.14. The number of carboxylic acids is 1. The van der Waals surface area contributed by atoms with Gasteiger partial charge in [-0.05, 0) is 74.1 Å². The fraction of sp³-hybridized carbons (Fsp3) is 0.400. The lowest BCUT2D eigenvalue weighted by molar-refractivity contribution is -0.132. The van der Waals surface area contributed by atoms with Gasteiger partial charge < -0.3 is 10.4 Å². The summed E-state index contributed by atoms with van der Waals surface area (Å²) in [5.74, 6) is -0.833. The van der Waals surface area contributed by atoms with E-state index in [4.69, 9.17) is 5.11 Å². The van der Waals surface area contributed by atoms with Crippen molar-refractivity contribution in [3.63, 3.8) is 0 Å². The number of nitrogens with one attached hydrogen (secondary N) is 1. The maximum atomic E-state index is 10.5. The van der Waals surface area contributed by atoms with Gasteiger partial charge >= 0.3 is 5.97 Å². The number of aliphatic carboxylic acids is 1. The summed E-state index contributed by atoms with van der Waals surface area (Å²) in [6, 6.07) is 4.68. The number of rotatable bonds is 1. The van der Waals surface area contributed by atoms with Gasteiger partial charge in [0.25, 0.3) is 0 Å². The van der Waals surface area contributed by atoms with Gasteiger partial charge in [-0.2, -0.15) is 0 Å². The molecule has 0 saturated carbocycles. The molecule has 34 heavy (non-hydrogen) atoms. The third kappa shape index (κ3) is 6.93. The average molecular weight is 461 g/mol. The lowest BCUT2D eigenvalue weighted by Crippen LogP contribution is -2.34. The van der Waals surface area contributed by atoms with E-state index in [0.29, 0.717) is 12.0 Å². The zero-order valence-electron chi connectivity index (χ0n) is 21.8. The van der Waals surface area contributed by atoms with Gasteiger partial charge in [-0.3, -0.25) is 4.99 Å². The topological polar surface area (TPSA) is 61.7 Å². The van der Waals surface area contributed by atoms with E-state index in [1.165, 1.54) is 35.2 Å². The summed E-state index contributed by atoms with van der Waals surface area (Å²) >= 11 is 0. The standard InChI is InChI=1S/C18H24N2.C9H10O2.C3H6/c1-12-10-20-16-9-15-14(8-13(16)11-19-12)17(2,3)6-7-18(15,4)5;1-7-3-2-4-8(6-5-7)9(10)11;1-3-2/h8-11,20H,6-7H2,1-5H3;2-3,5-6H,4H2,1H3,(H,10,11);3H,1H2,2H3. The fourth-order valence-corrected chi connectivity index (χ4v) is 4.14. The summed E-state index contributed by atoms with van der Waals surface area (Å²) in [5, 5.41) is 12.0. The highest BCUT2D eigenvalue weighted by atomic mass is 16.4. The molecule has 0 amide bonds. The van der Waals surface area contributed by atoms with Crippen molar-refractivity contribution >= 4 is 17.9 Å². The van der Waals surface area contributed by atoms with E-state index < -0.39 is 5.97 Å². The third-order valence-electron chi connectivity index (χ3n) is 6.41. The van der Waals surface area contributed by atoms with Crippen molar-refractivity contribution in [3.05, 3.63) is 88.8 Å². The highest BCUT2D eigenvalue weighted by Crippen LogP contribution is 2.47. The minimum atomic E-state index is -0.833. The lowest BCUT2D eigenvalue weighted by Gasteiger charge is -2.42. The number of allylic oxidation sites excluding steroid dienone is 7. The van der Waals surface area contributed by atoms with Gasteiger partial charge in [0.2, 0.25) is 0 Å². The molecule has 0 atom stereocenters. The largest absolute Gasteiger partial charge is 0.478 e.